The average Bonchev–Trinajstić information content (AvgIpc) is 0.757. The maximum Gasteiger partial charge on any atom is 0.349 e. The number of rotatable bonds is 20. The number of anilines is 1. The number of phenolic OH excluding ortho intramolecular Hbond substituents is 3. The molecule has 43 heteroatoms. The number of aliphatic hydroxyl groups excluding tert-OH is 6. The zero-order valence-electron chi connectivity index (χ0n) is 65.9. The summed E-state index contributed by atoms with van der Waals surface area (Å²) in [6.45, 7) is 5.58. The molecule has 39 nitrogen and oxygen atoms in total. The van der Waals surface area contributed by atoms with E-state index in [-0.39, 0.29) is 71.6 Å². The van der Waals surface area contributed by atoms with Crippen LogP contribution in [0.2, 0.25) is 20.1 Å². The van der Waals surface area contributed by atoms with Crippen LogP contribution in [0.1, 0.15) is 111 Å². The number of nitrogens with two attached hydrogens (primary N) is 2. The molecule has 0 aliphatic carbocycles. The van der Waals surface area contributed by atoms with Crippen LogP contribution in [0.15, 0.2) is 114 Å². The number of phenols is 3. The number of benzene rings is 6. The number of primary amides is 1. The van der Waals surface area contributed by atoms with Gasteiger partial charge in [0.05, 0.1) is 57.8 Å². The number of fused-ring (bicyclic) bond motifs is 15. The van der Waals surface area contributed by atoms with Gasteiger partial charge in [-0.15, -0.1) is 0 Å². The van der Waals surface area contributed by atoms with Gasteiger partial charge in [-0.25, -0.2) is 10.6 Å². The van der Waals surface area contributed by atoms with Gasteiger partial charge in [0, 0.05) is 48.4 Å². The summed E-state index contributed by atoms with van der Waals surface area (Å²) < 4.78 is 40.6. The van der Waals surface area contributed by atoms with Crippen molar-refractivity contribution in [3.8, 4) is 57.1 Å². The second-order valence-corrected chi connectivity index (χ2v) is 32.1. The van der Waals surface area contributed by atoms with Gasteiger partial charge in [0.1, 0.15) is 101 Å². The highest BCUT2D eigenvalue weighted by molar-refractivity contribution is 6.42. The molecule has 0 radical (unpaired) electrons. The Labute approximate surface area is 719 Å². The van der Waals surface area contributed by atoms with Crippen LogP contribution in [0.25, 0.3) is 11.1 Å². The average molecular weight is 1790 g/mol. The smallest absolute Gasteiger partial charge is 0.349 e. The van der Waals surface area contributed by atoms with Crippen molar-refractivity contribution in [2.75, 3.05) is 25.5 Å². The fourth-order valence-corrected chi connectivity index (χ4v) is 15.7. The van der Waals surface area contributed by atoms with E-state index in [1.807, 2.05) is 19.3 Å². The molecular formula is C80H88Cl4N14O25. The van der Waals surface area contributed by atoms with Crippen LogP contribution in [0, 0.1) is 5.92 Å². The van der Waals surface area contributed by atoms with Gasteiger partial charge in [0.2, 0.25) is 59.3 Å². The summed E-state index contributed by atoms with van der Waals surface area (Å²) in [6, 6.07) is 5.54. The number of nitrogens with zero attached hydrogens (tertiary/aromatic N) is 2. The Balaban J connectivity index is 0.995. The van der Waals surface area contributed by atoms with Gasteiger partial charge in [-0.2, -0.15) is 4.98 Å². The van der Waals surface area contributed by atoms with Gasteiger partial charge < -0.3 is 128 Å². The number of nitrogens with one attached hydrogen (secondary N) is 10. The second kappa shape index (κ2) is 38.4. The molecule has 0 unspecified atom stereocenters. The first-order valence-corrected chi connectivity index (χ1v) is 39.9. The normalized spacial score (nSPS) is 26.2. The Hall–Kier alpha value is -11.1. The molecule has 7 aliphatic rings. The molecule has 6 aromatic carbocycles. The largest absolute Gasteiger partial charge is 0.508 e. The number of ether oxygens (including phenoxy) is 6. The van der Waals surface area contributed by atoms with Crippen LogP contribution in [0.3, 0.4) is 0 Å². The Bertz CT molecular complexity index is 5330. The summed E-state index contributed by atoms with van der Waals surface area (Å²) in [4.78, 5) is 149. The Kier molecular flexibility index (Phi) is 28.4. The van der Waals surface area contributed by atoms with Gasteiger partial charge in [-0.3, -0.25) is 53.1 Å². The molecule has 18 atom stereocenters. The Morgan fingerprint density at radius 3 is 1.98 bits per heavy atom. The summed E-state index contributed by atoms with van der Waals surface area (Å²) in [5.41, 5.74) is 3.33. The third-order valence-electron chi connectivity index (χ3n) is 21.3. The van der Waals surface area contributed by atoms with Crippen LogP contribution in [0.5, 0.6) is 46.0 Å². The molecule has 7 aliphatic heterocycles. The summed E-state index contributed by atoms with van der Waals surface area (Å²) in [5, 5.41) is 129. The number of hydrogen-bond donors (Lipinski definition) is 21. The number of aliphatic hydroxyl groups is 6. The van der Waals surface area contributed by atoms with Crippen molar-refractivity contribution in [3.63, 3.8) is 0 Å². The molecule has 8 heterocycles. The number of hydrazine groups is 1. The van der Waals surface area contributed by atoms with Crippen molar-refractivity contribution in [3.05, 3.63) is 173 Å². The third-order valence-corrected chi connectivity index (χ3v) is 22.6. The molecule has 2 fully saturated rings. The van der Waals surface area contributed by atoms with Crippen molar-refractivity contribution in [2.45, 2.75) is 169 Å². The Morgan fingerprint density at radius 2 is 1.35 bits per heavy atom. The molecule has 2 saturated heterocycles. The topological polar surface area (TPSA) is 598 Å². The summed E-state index contributed by atoms with van der Waals surface area (Å²) in [7, 11) is 1.47. The molecular weight excluding hydrogens is 1700 g/mol. The highest BCUT2D eigenvalue weighted by Crippen LogP contribution is 2.50. The summed E-state index contributed by atoms with van der Waals surface area (Å²) in [5.74, 6) is -10.5. The lowest BCUT2D eigenvalue weighted by molar-refractivity contribution is -0.334. The number of amides is 9. The number of halogens is 4. The lowest BCUT2D eigenvalue weighted by atomic mass is 9.85. The van der Waals surface area contributed by atoms with Crippen LogP contribution < -0.4 is 84.8 Å². The maximum absolute atomic E-state index is 16.3. The van der Waals surface area contributed by atoms with Crippen molar-refractivity contribution < 1.29 is 118 Å². The van der Waals surface area contributed by atoms with Gasteiger partial charge >= 0.3 is 5.69 Å². The lowest BCUT2D eigenvalue weighted by Gasteiger charge is -2.48. The fourth-order valence-electron chi connectivity index (χ4n) is 14.9. The van der Waals surface area contributed by atoms with Crippen LogP contribution in [0.4, 0.5) is 5.82 Å². The number of carbonyl (C=O) groups is 9. The molecule has 1 aromatic heterocycles. The first kappa shape index (κ1) is 91.1. The van der Waals surface area contributed by atoms with E-state index in [4.69, 9.17) is 86.4 Å². The zero-order valence-corrected chi connectivity index (χ0v) is 68.9. The third kappa shape index (κ3) is 20.4. The highest BCUT2D eigenvalue weighted by Gasteiger charge is 2.52. The summed E-state index contributed by atoms with van der Waals surface area (Å²) >= 11 is 26.5. The quantitative estimate of drug-likeness (QED) is 0.0291. The molecule has 11 bridgehead atoms. The predicted molar refractivity (Wildman–Crippen MR) is 435 cm³/mol. The van der Waals surface area contributed by atoms with Gasteiger partial charge in [0.15, 0.2) is 23.9 Å². The summed E-state index contributed by atoms with van der Waals surface area (Å²) in [6.07, 6.45) is -18.3. The van der Waals surface area contributed by atoms with Crippen molar-refractivity contribution >= 4 is 105 Å². The molecule has 656 valence electrons. The van der Waals surface area contributed by atoms with Gasteiger partial charge in [-0.05, 0) is 139 Å². The first-order chi connectivity index (χ1) is 58.3. The van der Waals surface area contributed by atoms with E-state index in [1.54, 1.807) is 13.0 Å². The highest BCUT2D eigenvalue weighted by atomic mass is 35.5. The number of hydrogen-bond acceptors (Lipinski definition) is 29. The predicted octanol–water partition coefficient (Wildman–Crippen LogP) is 1.39. The Morgan fingerprint density at radius 1 is 0.699 bits per heavy atom. The molecule has 0 spiro atoms. The van der Waals surface area contributed by atoms with Crippen molar-refractivity contribution in [2.24, 2.45) is 17.5 Å². The van der Waals surface area contributed by atoms with Gasteiger partial charge in [-0.1, -0.05) is 84.5 Å². The number of likely N-dealkylation sites (N-methyl/N-ethyl adjacent to an activating group) is 1. The van der Waals surface area contributed by atoms with E-state index in [1.165, 1.54) is 55.1 Å². The monoisotopic (exact) mass is 1780 g/mol. The van der Waals surface area contributed by atoms with Crippen molar-refractivity contribution in [1.29, 1.82) is 0 Å². The van der Waals surface area contributed by atoms with Crippen molar-refractivity contribution in [1.82, 2.24) is 57.5 Å². The second-order valence-electron chi connectivity index (χ2n) is 30.5. The minimum atomic E-state index is -2.39. The first-order valence-electron chi connectivity index (χ1n) is 38.3. The molecule has 9 amide bonds. The van der Waals surface area contributed by atoms with E-state index < -0.39 is 254 Å². The molecule has 123 heavy (non-hydrogen) atoms. The maximum atomic E-state index is 16.3. The van der Waals surface area contributed by atoms with Gasteiger partial charge in [0.25, 0.3) is 5.91 Å². The van der Waals surface area contributed by atoms with Crippen LogP contribution in [-0.2, 0) is 70.3 Å². The van der Waals surface area contributed by atoms with Crippen LogP contribution >= 0.6 is 46.4 Å². The minimum absolute atomic E-state index is 0.0397. The van der Waals surface area contributed by atoms with E-state index >= 15 is 19.2 Å². The molecule has 7 aromatic rings. The number of carbonyl (C=O) groups excluding carboxylic acids is 9. The number of aromatic hydroxyl groups is 3. The van der Waals surface area contributed by atoms with E-state index in [0.717, 1.165) is 66.7 Å². The number of aromatic nitrogens is 2. The van der Waals surface area contributed by atoms with Crippen LogP contribution in [-0.4, -0.2) is 208 Å². The molecule has 23 N–H and O–H groups in total. The fraction of sp³-hybridized carbons (Fsp3) is 0.388. The standard InChI is InChI=1S/C80H88Cl4N14O25/c1-31(2)18-45(87-5)71(110)95-62-64(105)35-8-12-49(43(83)22-35)119-51-24-37-25-52(68(51)123-78-69(67(108)66(107)53(30-99)121-78)122-57-29-80(4,70(109)32(3)118-57)88-15-17-98-16-14-55(91-79(98)117)90-56(104)20-33-6-10-41(81)42(82)19-33)120-50-13-9-36(23-44(50)84)65(106)63-76(115)94-61(77(116)97-86)40-26-38(100)27-48(102)58(40)39-21-34(7-11-47(39)101)59(73(112)96-63)93-74(113)60(37)92-72(111)46(28-54(85)103)89-75(62)114/h6-14,16,19,21-27,31-32,45-46,53,57,59-67,69-70,78,87-88,99-102,105-109H,15,17-18,20,28-30,86H2,1-5H3,(H2,85,103)(H,89,114)(H,92,111)(H,93,113)(H,94,115)(H,95,110)(H,96,112)(H,97,116)(H,90,91,104,117)/t32-,45+,46-,53+,57-,59+,60+,61+,62+,63-,64+,65+,66+,67-,69+,70+,78-,80-/m0/s1. The molecule has 0 saturated carbocycles. The minimum Gasteiger partial charge on any atom is -0.508 e. The van der Waals surface area contributed by atoms with E-state index in [2.05, 4.69) is 52.8 Å². The van der Waals surface area contributed by atoms with E-state index in [0.29, 0.717) is 10.6 Å². The SMILES string of the molecule is CN[C@H](CC(C)C)C(=O)N[C@H]1C(=O)N[C@@H](CC(N)=O)C(=O)N[C@H]2C(=O)N[C@H]3C(=O)N[C@H](C(=O)N[C@@H](C(=O)NN)c4cc(O)cc(O)c4-c4cc3ccc4O)[C@H](O)c3ccc(c(Cl)c3)Oc3cc2cc(c3O[C@@H]2O[C@H](CO)[C@@H](O)[C@H](O)[C@H]2O[C@H]2C[C@](C)(NCCn3ccc(NC(=O)Cc4ccc(Cl)c(Cl)c4)nc3=O)[C@H](O)[C@H](C)O2)Oc2ccc(cc2Cl)[C@H]1O. The zero-order chi connectivity index (χ0) is 89.1. The molecule has 14 rings (SSSR count). The lowest BCUT2D eigenvalue weighted by Crippen LogP contribution is -2.65. The van der Waals surface area contributed by atoms with E-state index in [9.17, 15) is 74.7 Å².